The van der Waals surface area contributed by atoms with Crippen LogP contribution in [-0.2, 0) is 40.7 Å². The number of ether oxygens (including phenoxy) is 2. The van der Waals surface area contributed by atoms with Crippen LogP contribution in [0.5, 0.6) is 0 Å². The maximum Gasteiger partial charge on any atom is 1.00 e. The Bertz CT molecular complexity index is 475. The van der Waals surface area contributed by atoms with E-state index in [1.54, 1.807) is 0 Å². The van der Waals surface area contributed by atoms with Crippen molar-refractivity contribution in [3.63, 3.8) is 0 Å². The average Bonchev–Trinajstić information content (AvgIpc) is 2.55. The van der Waals surface area contributed by atoms with E-state index in [1.807, 2.05) is 11.8 Å². The van der Waals surface area contributed by atoms with Crippen molar-refractivity contribution < 1.29 is 84.2 Å². The molecule has 0 spiro atoms. The van der Waals surface area contributed by atoms with Crippen LogP contribution in [-0.4, -0.2) is 46.9 Å². The van der Waals surface area contributed by atoms with Crippen molar-refractivity contribution in [3.05, 3.63) is 4.89 Å². The van der Waals surface area contributed by atoms with Crippen molar-refractivity contribution in [2.24, 2.45) is 0 Å². The molecule has 0 radical (unpaired) electrons. The van der Waals surface area contributed by atoms with Crippen LogP contribution in [0.2, 0.25) is 0 Å². The first kappa shape index (κ1) is 33.7. The molecule has 0 bridgehead atoms. The van der Waals surface area contributed by atoms with Crippen molar-refractivity contribution >= 4 is 22.7 Å². The van der Waals surface area contributed by atoms with E-state index in [-0.39, 0.29) is 18.9 Å². The van der Waals surface area contributed by atoms with Crippen LogP contribution in [0, 0.1) is 0 Å². The molecule has 0 aromatic heterocycles. The van der Waals surface area contributed by atoms with Crippen LogP contribution in [0.4, 0.5) is 39.0 Å². The van der Waals surface area contributed by atoms with E-state index < -0.39 is 54.6 Å². The van der Waals surface area contributed by atoms with Gasteiger partial charge in [0.05, 0.1) is 11.3 Å². The SMILES string of the molecule is CCCCCOCOC(F)(F)CF.O=S(F)O[N-]S(=O)OC(F)(F)C(F)(F)F.[Li+]. The molecule has 2 atom stereocenters. The summed E-state index contributed by atoms with van der Waals surface area (Å²) in [5.74, 6) is 0. The molecule has 0 amide bonds. The maximum atomic E-state index is 12.1. The molecule has 0 heterocycles. The second-order valence-corrected chi connectivity index (χ2v) is 5.59. The Kier molecular flexibility index (Phi) is 19.4. The predicted molar refractivity (Wildman–Crippen MR) is 76.3 cm³/mol. The average molecular weight is 487 g/mol. The number of rotatable bonds is 13. The molecule has 0 aromatic rings. The van der Waals surface area contributed by atoms with Crippen molar-refractivity contribution in [1.29, 1.82) is 0 Å². The molecule has 0 rings (SSSR count). The Morgan fingerprint density at radius 2 is 1.55 bits per heavy atom. The van der Waals surface area contributed by atoms with E-state index in [1.165, 1.54) is 0 Å². The fourth-order valence-corrected chi connectivity index (χ4v) is 1.57. The maximum absolute atomic E-state index is 12.1. The van der Waals surface area contributed by atoms with Crippen LogP contribution in [0.3, 0.4) is 0 Å². The standard InChI is InChI=1S/C8H15F3O2.C2F6NO4S2.Li/c1-2-3-4-5-12-7-13-8(10,11)6-9;3-1(4,5)2(6,7)12-15(11)9-13-14(8)10;/h2-7H2,1H3;;/q;-1;+1. The fraction of sp³-hybridized carbons (Fsp3) is 1.00. The zero-order valence-corrected chi connectivity index (χ0v) is 16.5. The van der Waals surface area contributed by atoms with E-state index in [9.17, 15) is 47.4 Å². The van der Waals surface area contributed by atoms with Crippen LogP contribution in [0.1, 0.15) is 26.2 Å². The van der Waals surface area contributed by atoms with Gasteiger partial charge in [0, 0.05) is 6.61 Å². The number of halogens is 9. The van der Waals surface area contributed by atoms with Crippen molar-refractivity contribution in [3.8, 4) is 0 Å². The van der Waals surface area contributed by atoms with Gasteiger partial charge in [-0.3, -0.25) is 8.95 Å². The normalized spacial score (nSPS) is 14.4. The minimum atomic E-state index is -6.12. The van der Waals surface area contributed by atoms with Gasteiger partial charge in [-0.15, -0.1) is 3.89 Å². The largest absolute Gasteiger partial charge is 1.00 e. The minimum Gasteiger partial charge on any atom is -0.406 e. The molecular weight excluding hydrogens is 472 g/mol. The van der Waals surface area contributed by atoms with Crippen molar-refractivity contribution in [1.82, 2.24) is 0 Å². The molecule has 0 saturated carbocycles. The molecule has 7 nitrogen and oxygen atoms in total. The quantitative estimate of drug-likeness (QED) is 0.0974. The summed E-state index contributed by atoms with van der Waals surface area (Å²) < 4.78 is 138. The summed E-state index contributed by atoms with van der Waals surface area (Å²) in [6.07, 6.45) is -12.7. The van der Waals surface area contributed by atoms with Gasteiger partial charge in [0.25, 0.3) is 0 Å². The van der Waals surface area contributed by atoms with Gasteiger partial charge in [-0.1, -0.05) is 19.8 Å². The van der Waals surface area contributed by atoms with Gasteiger partial charge in [-0.05, 0) is 6.42 Å². The number of unbranched alkanes of at least 4 members (excludes halogenated alkanes) is 2. The first-order valence-corrected chi connectivity index (χ1v) is 8.87. The van der Waals surface area contributed by atoms with E-state index in [2.05, 4.69) is 13.2 Å². The minimum absolute atomic E-state index is 0. The summed E-state index contributed by atoms with van der Waals surface area (Å²) in [6, 6.07) is 0. The first-order chi connectivity index (χ1) is 12.7. The van der Waals surface area contributed by atoms with E-state index >= 15 is 0 Å². The zero-order valence-electron chi connectivity index (χ0n) is 14.9. The van der Waals surface area contributed by atoms with Gasteiger partial charge >= 0.3 is 48.7 Å². The fourth-order valence-electron chi connectivity index (χ4n) is 0.880. The van der Waals surface area contributed by atoms with Crippen molar-refractivity contribution in [2.45, 2.75) is 44.6 Å². The van der Waals surface area contributed by atoms with Crippen LogP contribution in [0.25, 0.3) is 4.89 Å². The Morgan fingerprint density at radius 3 is 1.97 bits per heavy atom. The Balaban J connectivity index is -0.000000455. The molecule has 2 unspecified atom stereocenters. The van der Waals surface area contributed by atoms with E-state index in [4.69, 9.17) is 4.74 Å². The summed E-state index contributed by atoms with van der Waals surface area (Å²) in [4.78, 5) is 1.82. The second-order valence-electron chi connectivity index (χ2n) is 4.31. The third kappa shape index (κ3) is 19.8. The van der Waals surface area contributed by atoms with Gasteiger partial charge in [-0.25, -0.2) is 8.57 Å². The molecule has 0 aliphatic carbocycles. The molecule has 19 heteroatoms. The Hall–Kier alpha value is 0.0674. The molecule has 172 valence electrons. The monoisotopic (exact) mass is 487 g/mol. The van der Waals surface area contributed by atoms with Gasteiger partial charge in [0.1, 0.15) is 0 Å². The van der Waals surface area contributed by atoms with Crippen LogP contribution >= 0.6 is 0 Å². The summed E-state index contributed by atoms with van der Waals surface area (Å²) in [5.41, 5.74) is 0. The summed E-state index contributed by atoms with van der Waals surface area (Å²) in [5, 5.41) is 0. The number of hydrogen-bond acceptors (Lipinski definition) is 6. The van der Waals surface area contributed by atoms with E-state index in [0.29, 0.717) is 6.61 Å². The number of hydrogen-bond donors (Lipinski definition) is 0. The molecule has 0 aliphatic rings. The summed E-state index contributed by atoms with van der Waals surface area (Å²) in [7, 11) is 0. The Morgan fingerprint density at radius 1 is 1.00 bits per heavy atom. The van der Waals surface area contributed by atoms with E-state index in [0.717, 1.165) is 19.3 Å². The Labute approximate surface area is 176 Å². The molecule has 0 saturated heterocycles. The second kappa shape index (κ2) is 16.7. The summed E-state index contributed by atoms with van der Waals surface area (Å²) >= 11 is -7.26. The predicted octanol–water partition coefficient (Wildman–Crippen LogP) is 1.32. The van der Waals surface area contributed by atoms with Crippen molar-refractivity contribution in [2.75, 3.05) is 20.1 Å². The van der Waals surface area contributed by atoms with Gasteiger partial charge in [0.15, 0.2) is 13.5 Å². The van der Waals surface area contributed by atoms with Crippen LogP contribution in [0.15, 0.2) is 0 Å². The topological polar surface area (TPSA) is 85.2 Å². The van der Waals surface area contributed by atoms with Crippen LogP contribution < -0.4 is 18.9 Å². The smallest absolute Gasteiger partial charge is 0.406 e. The molecule has 0 aliphatic heterocycles. The molecule has 0 aromatic carbocycles. The molecule has 0 N–H and O–H groups in total. The van der Waals surface area contributed by atoms with Gasteiger partial charge in [-0.2, -0.15) is 34.9 Å². The molecule has 0 fully saturated rings. The van der Waals surface area contributed by atoms with Gasteiger partial charge in [0.2, 0.25) is 0 Å². The number of alkyl halides is 8. The summed E-state index contributed by atoms with van der Waals surface area (Å²) in [6.45, 7) is 0.0237. The third-order valence-corrected chi connectivity index (χ3v) is 2.89. The molecular formula is C10H15F9LiNO6S2. The molecule has 29 heavy (non-hydrogen) atoms. The number of nitrogens with zero attached hydrogens (tertiary/aromatic N) is 1. The van der Waals surface area contributed by atoms with Gasteiger partial charge < -0.3 is 13.9 Å². The zero-order chi connectivity index (χ0) is 22.4. The first-order valence-electron chi connectivity index (χ1n) is 6.86. The third-order valence-electron chi connectivity index (χ3n) is 2.06.